The number of nitrogens with zero attached hydrogens (tertiary/aromatic N) is 1. The molecule has 9 heteroatoms. The monoisotopic (exact) mass is 468 g/mol. The predicted octanol–water partition coefficient (Wildman–Crippen LogP) is 4.50. The number of carbonyl (C=O) groups is 1. The van der Waals surface area contributed by atoms with Crippen molar-refractivity contribution in [1.29, 1.82) is 0 Å². The highest BCUT2D eigenvalue weighted by molar-refractivity contribution is 7.98. The highest BCUT2D eigenvalue weighted by Crippen LogP contribution is 2.33. The maximum absolute atomic E-state index is 13.2. The number of thioether (sulfide) groups is 1. The van der Waals surface area contributed by atoms with Crippen LogP contribution >= 0.6 is 23.4 Å². The molecule has 0 aliphatic carbocycles. The van der Waals surface area contributed by atoms with Crippen molar-refractivity contribution in [2.45, 2.75) is 29.6 Å². The molecule has 1 heterocycles. The lowest BCUT2D eigenvalue weighted by Crippen LogP contribution is -2.41. The molecule has 1 saturated heterocycles. The molecule has 1 N–H and O–H groups in total. The van der Waals surface area contributed by atoms with E-state index in [1.807, 2.05) is 30.5 Å². The number of piperidine rings is 1. The molecule has 2 aromatic carbocycles. The Hall–Kier alpha value is -1.74. The van der Waals surface area contributed by atoms with Crippen LogP contribution < -0.4 is 10.1 Å². The number of carbonyl (C=O) groups excluding carboxylic acids is 1. The Labute approximate surface area is 187 Å². The summed E-state index contributed by atoms with van der Waals surface area (Å²) in [6.45, 7) is 2.68. The maximum atomic E-state index is 13.2. The molecule has 0 spiro atoms. The Balaban J connectivity index is 1.69. The van der Waals surface area contributed by atoms with Crippen molar-refractivity contribution < 1.29 is 17.9 Å². The second-order valence-corrected chi connectivity index (χ2v) is 10.1. The SMILES string of the molecule is CCOc1ccc(Cl)cc1S(=O)(=O)N1CCC(C(=O)Nc2ccccc2SC)CC1. The lowest BCUT2D eigenvalue weighted by atomic mass is 9.97. The highest BCUT2D eigenvalue weighted by Gasteiger charge is 2.34. The van der Waals surface area contributed by atoms with Gasteiger partial charge in [-0.05, 0) is 56.4 Å². The number of anilines is 1. The third kappa shape index (κ3) is 5.11. The van der Waals surface area contributed by atoms with E-state index >= 15 is 0 Å². The normalized spacial score (nSPS) is 15.7. The Morgan fingerprint density at radius 3 is 2.60 bits per heavy atom. The molecule has 0 atom stereocenters. The van der Waals surface area contributed by atoms with E-state index in [0.717, 1.165) is 10.6 Å². The second kappa shape index (κ2) is 10.0. The number of para-hydroxylation sites is 1. The molecule has 162 valence electrons. The van der Waals surface area contributed by atoms with Crippen LogP contribution in [-0.4, -0.2) is 44.6 Å². The van der Waals surface area contributed by atoms with Gasteiger partial charge in [0.25, 0.3) is 0 Å². The van der Waals surface area contributed by atoms with Gasteiger partial charge in [0, 0.05) is 28.9 Å². The minimum Gasteiger partial charge on any atom is -0.492 e. The van der Waals surface area contributed by atoms with Crippen molar-refractivity contribution in [3.05, 3.63) is 47.5 Å². The molecule has 0 unspecified atom stereocenters. The first kappa shape index (κ1) is 22.9. The van der Waals surface area contributed by atoms with Gasteiger partial charge in [0.1, 0.15) is 10.6 Å². The van der Waals surface area contributed by atoms with Crippen LogP contribution in [0, 0.1) is 5.92 Å². The summed E-state index contributed by atoms with van der Waals surface area (Å²) in [5.74, 6) is -0.0289. The first-order chi connectivity index (χ1) is 14.4. The van der Waals surface area contributed by atoms with Gasteiger partial charge in [0.15, 0.2) is 0 Å². The van der Waals surface area contributed by atoms with Crippen LogP contribution in [-0.2, 0) is 14.8 Å². The van der Waals surface area contributed by atoms with E-state index in [4.69, 9.17) is 16.3 Å². The summed E-state index contributed by atoms with van der Waals surface area (Å²) in [6, 6.07) is 12.2. The predicted molar refractivity (Wildman–Crippen MR) is 121 cm³/mol. The number of hydrogen-bond acceptors (Lipinski definition) is 5. The van der Waals surface area contributed by atoms with E-state index in [9.17, 15) is 13.2 Å². The quantitative estimate of drug-likeness (QED) is 0.605. The maximum Gasteiger partial charge on any atom is 0.246 e. The van der Waals surface area contributed by atoms with Gasteiger partial charge in [-0.2, -0.15) is 4.31 Å². The zero-order valence-corrected chi connectivity index (χ0v) is 19.3. The summed E-state index contributed by atoms with van der Waals surface area (Å²) >= 11 is 7.60. The summed E-state index contributed by atoms with van der Waals surface area (Å²) in [5, 5.41) is 3.32. The zero-order valence-electron chi connectivity index (χ0n) is 16.9. The number of rotatable bonds is 7. The molecule has 0 bridgehead atoms. The fourth-order valence-corrected chi connectivity index (χ4v) is 5.86. The Bertz CT molecular complexity index is 1010. The Kier molecular flexibility index (Phi) is 7.68. The van der Waals surface area contributed by atoms with E-state index < -0.39 is 10.0 Å². The van der Waals surface area contributed by atoms with Crippen molar-refractivity contribution >= 4 is 45.0 Å². The standard InChI is InChI=1S/C21H25ClN2O4S2/c1-3-28-18-9-8-16(22)14-20(18)30(26,27)24-12-10-15(11-13-24)21(25)23-17-6-4-5-7-19(17)29-2/h4-9,14-15H,3,10-13H2,1-2H3,(H,23,25). The molecule has 0 saturated carbocycles. The molecule has 30 heavy (non-hydrogen) atoms. The van der Waals surface area contributed by atoms with Gasteiger partial charge in [-0.1, -0.05) is 23.7 Å². The van der Waals surface area contributed by atoms with E-state index in [2.05, 4.69) is 5.32 Å². The lowest BCUT2D eigenvalue weighted by molar-refractivity contribution is -0.120. The molecule has 1 amide bonds. The average Bonchev–Trinajstić information content (AvgIpc) is 2.75. The summed E-state index contributed by atoms with van der Waals surface area (Å²) in [4.78, 5) is 13.8. The van der Waals surface area contributed by atoms with Gasteiger partial charge < -0.3 is 10.1 Å². The van der Waals surface area contributed by atoms with Gasteiger partial charge in [0.05, 0.1) is 12.3 Å². The summed E-state index contributed by atoms with van der Waals surface area (Å²) < 4.78 is 33.2. The van der Waals surface area contributed by atoms with Gasteiger partial charge in [-0.15, -0.1) is 11.8 Å². The molecule has 1 fully saturated rings. The van der Waals surface area contributed by atoms with Crippen LogP contribution in [0.25, 0.3) is 0 Å². The Morgan fingerprint density at radius 2 is 1.93 bits per heavy atom. The van der Waals surface area contributed by atoms with E-state index in [0.29, 0.717) is 24.5 Å². The largest absolute Gasteiger partial charge is 0.492 e. The number of halogens is 1. The van der Waals surface area contributed by atoms with Crippen LogP contribution in [0.5, 0.6) is 5.75 Å². The summed E-state index contributed by atoms with van der Waals surface area (Å²) in [7, 11) is -3.77. The Morgan fingerprint density at radius 1 is 1.23 bits per heavy atom. The molecule has 0 radical (unpaired) electrons. The van der Waals surface area contributed by atoms with Crippen molar-refractivity contribution in [2.24, 2.45) is 5.92 Å². The van der Waals surface area contributed by atoms with Gasteiger partial charge in [-0.3, -0.25) is 4.79 Å². The van der Waals surface area contributed by atoms with Crippen molar-refractivity contribution in [1.82, 2.24) is 4.31 Å². The van der Waals surface area contributed by atoms with E-state index in [1.165, 1.54) is 10.4 Å². The molecule has 3 rings (SSSR count). The smallest absolute Gasteiger partial charge is 0.246 e. The van der Waals surface area contributed by atoms with Crippen molar-refractivity contribution in [3.63, 3.8) is 0 Å². The molecule has 0 aromatic heterocycles. The minimum atomic E-state index is -3.77. The number of sulfonamides is 1. The topological polar surface area (TPSA) is 75.7 Å². The van der Waals surface area contributed by atoms with Crippen molar-refractivity contribution in [2.75, 3.05) is 31.3 Å². The van der Waals surface area contributed by atoms with Gasteiger partial charge in [-0.25, -0.2) is 8.42 Å². The molecule has 6 nitrogen and oxygen atoms in total. The molecule has 1 aliphatic rings. The number of amides is 1. The summed E-state index contributed by atoms with van der Waals surface area (Å²) in [6.07, 6.45) is 2.87. The highest BCUT2D eigenvalue weighted by atomic mass is 35.5. The number of hydrogen-bond donors (Lipinski definition) is 1. The van der Waals surface area contributed by atoms with Crippen LogP contribution in [0.2, 0.25) is 5.02 Å². The van der Waals surface area contributed by atoms with Crippen LogP contribution in [0.15, 0.2) is 52.3 Å². The summed E-state index contributed by atoms with van der Waals surface area (Å²) in [5.41, 5.74) is 0.783. The van der Waals surface area contributed by atoms with Crippen LogP contribution in [0.1, 0.15) is 19.8 Å². The molecule has 2 aromatic rings. The average molecular weight is 469 g/mol. The van der Waals surface area contributed by atoms with Crippen LogP contribution in [0.3, 0.4) is 0 Å². The second-order valence-electron chi connectivity index (χ2n) is 6.89. The van der Waals surface area contributed by atoms with E-state index in [1.54, 1.807) is 30.8 Å². The van der Waals surface area contributed by atoms with E-state index in [-0.39, 0.29) is 35.6 Å². The number of nitrogens with one attached hydrogen (secondary N) is 1. The third-order valence-corrected chi connectivity index (χ3v) is 7.96. The molecular weight excluding hydrogens is 444 g/mol. The number of benzene rings is 2. The van der Waals surface area contributed by atoms with Crippen LogP contribution in [0.4, 0.5) is 5.69 Å². The minimum absolute atomic E-state index is 0.0636. The van der Waals surface area contributed by atoms with Crippen molar-refractivity contribution in [3.8, 4) is 5.75 Å². The first-order valence-electron chi connectivity index (χ1n) is 9.73. The fourth-order valence-electron chi connectivity index (χ4n) is 3.44. The number of ether oxygens (including phenoxy) is 1. The van der Waals surface area contributed by atoms with Gasteiger partial charge in [0.2, 0.25) is 15.9 Å². The molecule has 1 aliphatic heterocycles. The lowest BCUT2D eigenvalue weighted by Gasteiger charge is -2.31. The molecular formula is C21H25ClN2O4S2. The fraction of sp³-hybridized carbons (Fsp3) is 0.381. The zero-order chi connectivity index (χ0) is 21.7. The third-order valence-electron chi connectivity index (χ3n) is 5.01. The first-order valence-corrected chi connectivity index (χ1v) is 12.8. The van der Waals surface area contributed by atoms with Gasteiger partial charge >= 0.3 is 0 Å².